The van der Waals surface area contributed by atoms with Crippen molar-refractivity contribution < 1.29 is 9.53 Å². The lowest BCUT2D eigenvalue weighted by Gasteiger charge is -2.20. The highest BCUT2D eigenvalue weighted by Gasteiger charge is 2.21. The summed E-state index contributed by atoms with van der Waals surface area (Å²) in [6, 6.07) is 15.8. The van der Waals surface area contributed by atoms with Crippen LogP contribution in [0.2, 0.25) is 5.02 Å². The number of hydrogen-bond donors (Lipinski definition) is 2. The molecule has 1 amide bonds. The number of nitrogen functional groups attached to an aromatic ring is 1. The maximum atomic E-state index is 12.5. The van der Waals surface area contributed by atoms with Gasteiger partial charge in [-0.05, 0) is 17.7 Å². The van der Waals surface area contributed by atoms with E-state index in [0.717, 1.165) is 10.5 Å². The number of nitrogens with two attached hydrogens (primary N) is 1. The predicted octanol–water partition coefficient (Wildman–Crippen LogP) is 1.86. The summed E-state index contributed by atoms with van der Waals surface area (Å²) in [7, 11) is 1.39. The molecule has 0 fully saturated rings. The number of anilines is 2. The highest BCUT2D eigenvalue weighted by molar-refractivity contribution is 6.32. The fourth-order valence-corrected chi connectivity index (χ4v) is 2.94. The van der Waals surface area contributed by atoms with Crippen LogP contribution in [0.15, 0.2) is 64.2 Å². The van der Waals surface area contributed by atoms with Gasteiger partial charge in [0.1, 0.15) is 11.6 Å². The van der Waals surface area contributed by atoms with E-state index >= 15 is 0 Å². The average Bonchev–Trinajstić information content (AvgIpc) is 2.71. The molecule has 0 spiro atoms. The van der Waals surface area contributed by atoms with E-state index < -0.39 is 17.2 Å². The monoisotopic (exact) mass is 414 g/mol. The van der Waals surface area contributed by atoms with Gasteiger partial charge in [0.05, 0.1) is 11.6 Å². The first kappa shape index (κ1) is 20.2. The summed E-state index contributed by atoms with van der Waals surface area (Å²) in [6.07, 6.45) is 0. The number of para-hydroxylation sites is 1. The number of hydrogen-bond acceptors (Lipinski definition) is 5. The third kappa shape index (κ3) is 4.49. The standard InChI is InChI=1S/C20H19ClN4O4/c1-24(16(26)12-29-15-10-6-5-9-14(15)21)17-18(22)25(20(28)23-19(17)27)11-13-7-3-2-4-8-13/h2-10H,11-12,22H2,1H3,(H,23,27,28). The zero-order chi connectivity index (χ0) is 21.0. The quantitative estimate of drug-likeness (QED) is 0.639. The lowest BCUT2D eigenvalue weighted by atomic mass is 10.2. The van der Waals surface area contributed by atoms with Crippen molar-refractivity contribution in [2.45, 2.75) is 6.54 Å². The van der Waals surface area contributed by atoms with Gasteiger partial charge in [0.25, 0.3) is 11.5 Å². The summed E-state index contributed by atoms with van der Waals surface area (Å²) in [5, 5.41) is 0.358. The number of ether oxygens (including phenoxy) is 1. The number of nitrogens with zero attached hydrogens (tertiary/aromatic N) is 2. The SMILES string of the molecule is CN(C(=O)COc1ccccc1Cl)c1c(N)n(Cc2ccccc2)c(=O)[nH]c1=O. The van der Waals surface area contributed by atoms with Gasteiger partial charge in [-0.3, -0.25) is 19.1 Å². The highest BCUT2D eigenvalue weighted by Crippen LogP contribution is 2.23. The van der Waals surface area contributed by atoms with Crippen LogP contribution in [-0.4, -0.2) is 29.1 Å². The second-order valence-corrected chi connectivity index (χ2v) is 6.64. The van der Waals surface area contributed by atoms with Gasteiger partial charge >= 0.3 is 5.69 Å². The molecule has 0 saturated heterocycles. The molecule has 150 valence electrons. The summed E-state index contributed by atoms with van der Waals surface area (Å²) in [4.78, 5) is 40.4. The first-order valence-corrected chi connectivity index (χ1v) is 9.06. The molecule has 0 radical (unpaired) electrons. The van der Waals surface area contributed by atoms with Gasteiger partial charge < -0.3 is 15.4 Å². The number of amides is 1. The van der Waals surface area contributed by atoms with Crippen LogP contribution in [0.3, 0.4) is 0 Å². The maximum absolute atomic E-state index is 12.5. The molecule has 1 aromatic heterocycles. The van der Waals surface area contributed by atoms with Crippen molar-refractivity contribution in [2.24, 2.45) is 0 Å². The smallest absolute Gasteiger partial charge is 0.330 e. The second-order valence-electron chi connectivity index (χ2n) is 6.24. The van der Waals surface area contributed by atoms with E-state index in [0.29, 0.717) is 10.8 Å². The molecule has 9 heteroatoms. The Morgan fingerprint density at radius 3 is 2.48 bits per heavy atom. The van der Waals surface area contributed by atoms with Gasteiger partial charge in [0.2, 0.25) is 0 Å². The molecule has 3 aromatic rings. The Morgan fingerprint density at radius 2 is 1.79 bits per heavy atom. The largest absolute Gasteiger partial charge is 0.482 e. The van der Waals surface area contributed by atoms with Crippen LogP contribution >= 0.6 is 11.6 Å². The Balaban J connectivity index is 1.86. The van der Waals surface area contributed by atoms with Crippen LogP contribution in [0.4, 0.5) is 11.5 Å². The number of aromatic amines is 1. The van der Waals surface area contributed by atoms with Gasteiger partial charge in [-0.25, -0.2) is 4.79 Å². The minimum atomic E-state index is -0.759. The Labute approximate surface area is 171 Å². The zero-order valence-electron chi connectivity index (χ0n) is 15.6. The number of likely N-dealkylation sites (N-methyl/N-ethyl adjacent to an activating group) is 1. The third-order valence-electron chi connectivity index (χ3n) is 4.29. The van der Waals surface area contributed by atoms with E-state index in [2.05, 4.69) is 4.98 Å². The molecule has 1 heterocycles. The number of carbonyl (C=O) groups excluding carboxylic acids is 1. The number of aromatic nitrogens is 2. The van der Waals surface area contributed by atoms with Crippen molar-refractivity contribution in [3.8, 4) is 5.75 Å². The molecule has 3 N–H and O–H groups in total. The second kappa shape index (κ2) is 8.66. The van der Waals surface area contributed by atoms with E-state index in [9.17, 15) is 14.4 Å². The fraction of sp³-hybridized carbons (Fsp3) is 0.150. The summed E-state index contributed by atoms with van der Waals surface area (Å²) in [5.74, 6) is -0.310. The normalized spacial score (nSPS) is 10.6. The van der Waals surface area contributed by atoms with Crippen molar-refractivity contribution in [1.82, 2.24) is 9.55 Å². The minimum Gasteiger partial charge on any atom is -0.482 e. The van der Waals surface area contributed by atoms with Gasteiger partial charge in [0, 0.05) is 7.05 Å². The molecule has 0 atom stereocenters. The van der Waals surface area contributed by atoms with Crippen LogP contribution in [0.5, 0.6) is 5.75 Å². The molecular weight excluding hydrogens is 396 g/mol. The molecule has 0 aliphatic heterocycles. The number of nitrogens with one attached hydrogen (secondary N) is 1. The molecule has 2 aromatic carbocycles. The summed E-state index contributed by atoms with van der Waals surface area (Å²) >= 11 is 6.01. The Kier molecular flexibility index (Phi) is 6.04. The maximum Gasteiger partial charge on any atom is 0.330 e. The highest BCUT2D eigenvalue weighted by atomic mass is 35.5. The van der Waals surface area contributed by atoms with Crippen molar-refractivity contribution in [2.75, 3.05) is 24.3 Å². The molecule has 0 bridgehead atoms. The third-order valence-corrected chi connectivity index (χ3v) is 4.61. The number of halogens is 1. The van der Waals surface area contributed by atoms with Gasteiger partial charge in [-0.15, -0.1) is 0 Å². The van der Waals surface area contributed by atoms with E-state index in [-0.39, 0.29) is 24.7 Å². The van der Waals surface area contributed by atoms with E-state index in [1.165, 1.54) is 11.6 Å². The van der Waals surface area contributed by atoms with Gasteiger partial charge in [0.15, 0.2) is 12.3 Å². The lowest BCUT2D eigenvalue weighted by molar-refractivity contribution is -0.120. The Bertz CT molecular complexity index is 1140. The number of benzene rings is 2. The predicted molar refractivity (Wildman–Crippen MR) is 112 cm³/mol. The van der Waals surface area contributed by atoms with Crippen LogP contribution in [0, 0.1) is 0 Å². The zero-order valence-corrected chi connectivity index (χ0v) is 16.3. The molecule has 0 aliphatic rings. The molecule has 0 saturated carbocycles. The molecule has 0 aliphatic carbocycles. The minimum absolute atomic E-state index is 0.115. The first-order valence-electron chi connectivity index (χ1n) is 8.69. The van der Waals surface area contributed by atoms with E-state index in [1.54, 1.807) is 24.3 Å². The Morgan fingerprint density at radius 1 is 1.14 bits per heavy atom. The number of rotatable bonds is 6. The first-order chi connectivity index (χ1) is 13.9. The summed E-state index contributed by atoms with van der Waals surface area (Å²) in [6.45, 7) is -0.218. The molecular formula is C20H19ClN4O4. The summed E-state index contributed by atoms with van der Waals surface area (Å²) < 4.78 is 6.62. The van der Waals surface area contributed by atoms with Crippen LogP contribution in [0.1, 0.15) is 5.56 Å². The van der Waals surface area contributed by atoms with Crippen molar-refractivity contribution in [1.29, 1.82) is 0 Å². The average molecular weight is 415 g/mol. The van der Waals surface area contributed by atoms with Crippen LogP contribution < -0.4 is 26.6 Å². The molecule has 0 unspecified atom stereocenters. The van der Waals surface area contributed by atoms with Crippen molar-refractivity contribution in [3.63, 3.8) is 0 Å². The molecule has 8 nitrogen and oxygen atoms in total. The van der Waals surface area contributed by atoms with E-state index in [1.807, 2.05) is 30.3 Å². The Hall–Kier alpha value is -3.52. The van der Waals surface area contributed by atoms with Crippen LogP contribution in [0.25, 0.3) is 0 Å². The topological polar surface area (TPSA) is 110 Å². The van der Waals surface area contributed by atoms with Crippen molar-refractivity contribution >= 4 is 29.0 Å². The molecule has 29 heavy (non-hydrogen) atoms. The van der Waals surface area contributed by atoms with Crippen LogP contribution in [-0.2, 0) is 11.3 Å². The molecule has 3 rings (SSSR count). The number of H-pyrrole nitrogens is 1. The van der Waals surface area contributed by atoms with Gasteiger partial charge in [-0.1, -0.05) is 54.1 Å². The van der Waals surface area contributed by atoms with Crippen molar-refractivity contribution in [3.05, 3.63) is 86.0 Å². The number of carbonyl (C=O) groups is 1. The van der Waals surface area contributed by atoms with E-state index in [4.69, 9.17) is 22.1 Å². The van der Waals surface area contributed by atoms with Gasteiger partial charge in [-0.2, -0.15) is 0 Å². The lowest BCUT2D eigenvalue weighted by Crippen LogP contribution is -2.41. The fourth-order valence-electron chi connectivity index (χ4n) is 2.75. The summed E-state index contributed by atoms with van der Waals surface area (Å²) in [5.41, 5.74) is 5.36.